The molecule has 1 heterocycles. The second-order valence-corrected chi connectivity index (χ2v) is 5.54. The highest BCUT2D eigenvalue weighted by Crippen LogP contribution is 2.25. The first-order valence-electron chi connectivity index (χ1n) is 7.44. The maximum atomic E-state index is 12.4. The molecule has 7 nitrogen and oxygen atoms in total. The molecule has 0 saturated carbocycles. The smallest absolute Gasteiger partial charge is 0.481 e. The Bertz CT molecular complexity index is 800. The van der Waals surface area contributed by atoms with Crippen molar-refractivity contribution in [3.8, 4) is 5.75 Å². The van der Waals surface area contributed by atoms with Crippen molar-refractivity contribution >= 4 is 11.9 Å². The Labute approximate surface area is 146 Å². The van der Waals surface area contributed by atoms with Gasteiger partial charge >= 0.3 is 12.3 Å². The molecule has 1 aromatic heterocycles. The number of benzene rings is 1. The predicted molar refractivity (Wildman–Crippen MR) is 83.5 cm³/mol. The number of aryl methyl sites for hydroxylation is 2. The maximum absolute atomic E-state index is 12.4. The lowest BCUT2D eigenvalue weighted by molar-refractivity contribution is -0.274. The summed E-state index contributed by atoms with van der Waals surface area (Å²) < 4.78 is 41.7. The Morgan fingerprint density at radius 2 is 1.92 bits per heavy atom. The van der Waals surface area contributed by atoms with Crippen LogP contribution in [0.15, 0.2) is 30.3 Å². The molecule has 1 aromatic carbocycles. The van der Waals surface area contributed by atoms with E-state index >= 15 is 0 Å². The molecule has 10 heteroatoms. The molecule has 1 amide bonds. The van der Waals surface area contributed by atoms with Crippen LogP contribution < -0.4 is 10.1 Å². The fraction of sp³-hybridized carbons (Fsp3) is 0.312. The van der Waals surface area contributed by atoms with E-state index in [1.165, 1.54) is 22.9 Å². The van der Waals surface area contributed by atoms with Crippen molar-refractivity contribution in [3.63, 3.8) is 0 Å². The van der Waals surface area contributed by atoms with Crippen LogP contribution in [0.3, 0.4) is 0 Å². The van der Waals surface area contributed by atoms with Gasteiger partial charge < -0.3 is 15.2 Å². The molecule has 0 fully saturated rings. The molecule has 0 aliphatic heterocycles. The van der Waals surface area contributed by atoms with Crippen LogP contribution in [0.4, 0.5) is 13.2 Å². The van der Waals surface area contributed by atoms with Gasteiger partial charge in [-0.25, -0.2) is 0 Å². The third kappa shape index (κ3) is 5.23. The molecular weight excluding hydrogens is 355 g/mol. The number of aliphatic carboxylic acids is 1. The summed E-state index contributed by atoms with van der Waals surface area (Å²) >= 11 is 0. The van der Waals surface area contributed by atoms with E-state index in [4.69, 9.17) is 5.11 Å². The molecule has 0 radical (unpaired) electrons. The number of alkyl halides is 3. The van der Waals surface area contributed by atoms with Crippen LogP contribution in [-0.2, 0) is 11.8 Å². The Hall–Kier alpha value is -3.04. The number of carbonyl (C=O) groups is 2. The molecular formula is C16H16F3N3O4. The first-order valence-corrected chi connectivity index (χ1v) is 7.44. The lowest BCUT2D eigenvalue weighted by Gasteiger charge is -2.18. The molecule has 0 saturated heterocycles. The van der Waals surface area contributed by atoms with Crippen molar-refractivity contribution in [2.75, 3.05) is 0 Å². The molecule has 140 valence electrons. The van der Waals surface area contributed by atoms with Gasteiger partial charge in [-0.05, 0) is 30.7 Å². The molecule has 2 rings (SSSR count). The average molecular weight is 371 g/mol. The summed E-state index contributed by atoms with van der Waals surface area (Å²) in [6.45, 7) is 1.70. The molecule has 26 heavy (non-hydrogen) atoms. The number of carboxylic acids is 1. The number of aromatic nitrogens is 2. The number of hydrogen-bond acceptors (Lipinski definition) is 4. The summed E-state index contributed by atoms with van der Waals surface area (Å²) in [5.41, 5.74) is 1.17. The minimum Gasteiger partial charge on any atom is -0.481 e. The zero-order valence-electron chi connectivity index (χ0n) is 13.9. The first kappa shape index (κ1) is 19.3. The second-order valence-electron chi connectivity index (χ2n) is 5.54. The minimum atomic E-state index is -4.83. The predicted octanol–water partition coefficient (Wildman–Crippen LogP) is 2.57. The number of amides is 1. The van der Waals surface area contributed by atoms with Crippen molar-refractivity contribution in [2.24, 2.45) is 7.05 Å². The van der Waals surface area contributed by atoms with Crippen LogP contribution in [0.5, 0.6) is 5.75 Å². The normalized spacial score (nSPS) is 12.5. The lowest BCUT2D eigenvalue weighted by Crippen LogP contribution is -2.31. The Kier molecular flexibility index (Phi) is 5.53. The monoisotopic (exact) mass is 371 g/mol. The molecule has 0 aliphatic carbocycles. The highest BCUT2D eigenvalue weighted by atomic mass is 19.4. The van der Waals surface area contributed by atoms with Gasteiger partial charge in [-0.15, -0.1) is 13.2 Å². The van der Waals surface area contributed by atoms with Gasteiger partial charge in [0.2, 0.25) is 0 Å². The van der Waals surface area contributed by atoms with Gasteiger partial charge in [0.05, 0.1) is 18.2 Å². The van der Waals surface area contributed by atoms with Gasteiger partial charge in [-0.2, -0.15) is 5.10 Å². The summed E-state index contributed by atoms with van der Waals surface area (Å²) in [5.74, 6) is -2.16. The number of nitrogens with one attached hydrogen (secondary N) is 1. The molecule has 2 aromatic rings. The number of ether oxygens (including phenoxy) is 1. The van der Waals surface area contributed by atoms with Crippen molar-refractivity contribution < 1.29 is 32.6 Å². The van der Waals surface area contributed by atoms with Crippen LogP contribution >= 0.6 is 0 Å². The molecule has 0 bridgehead atoms. The average Bonchev–Trinajstić information content (AvgIpc) is 2.84. The van der Waals surface area contributed by atoms with Crippen LogP contribution in [0.2, 0.25) is 0 Å². The van der Waals surface area contributed by atoms with Gasteiger partial charge in [-0.1, -0.05) is 12.1 Å². The number of carbonyl (C=O) groups excluding carboxylic acids is 1. The van der Waals surface area contributed by atoms with E-state index in [1.54, 1.807) is 14.0 Å². The molecule has 2 N–H and O–H groups in total. The topological polar surface area (TPSA) is 93.5 Å². The standard InChI is InChI=1S/C16H16F3N3O4/c1-9-7-13(22(2)21-9)15(25)20-12(8-14(23)24)10-3-5-11(6-4-10)26-16(17,18)19/h3-7,12H,8H2,1-2H3,(H,20,25)(H,23,24). The van der Waals surface area contributed by atoms with E-state index < -0.39 is 36.5 Å². The lowest BCUT2D eigenvalue weighted by atomic mass is 10.0. The summed E-state index contributed by atoms with van der Waals surface area (Å²) in [6.07, 6.45) is -5.27. The highest BCUT2D eigenvalue weighted by Gasteiger charge is 2.31. The highest BCUT2D eigenvalue weighted by molar-refractivity contribution is 5.93. The van der Waals surface area contributed by atoms with Gasteiger partial charge in [0, 0.05) is 7.05 Å². The molecule has 0 spiro atoms. The van der Waals surface area contributed by atoms with Crippen LogP contribution in [0.1, 0.15) is 34.2 Å². The fourth-order valence-corrected chi connectivity index (χ4v) is 2.38. The number of carboxylic acid groups (broad SMARTS) is 1. The minimum absolute atomic E-state index is 0.231. The number of rotatable bonds is 6. The number of halogens is 3. The summed E-state index contributed by atoms with van der Waals surface area (Å²) in [6, 6.07) is 5.24. The van der Waals surface area contributed by atoms with Crippen molar-refractivity contribution in [1.82, 2.24) is 15.1 Å². The quantitative estimate of drug-likeness (QED) is 0.814. The Morgan fingerprint density at radius 1 is 1.31 bits per heavy atom. The Balaban J connectivity index is 2.20. The van der Waals surface area contributed by atoms with Crippen LogP contribution in [0, 0.1) is 6.92 Å². The summed E-state index contributed by atoms with van der Waals surface area (Å²) in [4.78, 5) is 23.4. The zero-order chi connectivity index (χ0) is 19.5. The fourth-order valence-electron chi connectivity index (χ4n) is 2.38. The third-order valence-corrected chi connectivity index (χ3v) is 3.43. The summed E-state index contributed by atoms with van der Waals surface area (Å²) in [5, 5.41) is 15.6. The largest absolute Gasteiger partial charge is 0.573 e. The van der Waals surface area contributed by atoms with Gasteiger partial charge in [0.15, 0.2) is 0 Å². The number of hydrogen-bond donors (Lipinski definition) is 2. The van der Waals surface area contributed by atoms with E-state index in [-0.39, 0.29) is 5.69 Å². The third-order valence-electron chi connectivity index (χ3n) is 3.43. The summed E-state index contributed by atoms with van der Waals surface area (Å²) in [7, 11) is 1.57. The first-order chi connectivity index (χ1) is 12.0. The van der Waals surface area contributed by atoms with Crippen molar-refractivity contribution in [1.29, 1.82) is 0 Å². The molecule has 1 atom stereocenters. The molecule has 0 aliphatic rings. The van der Waals surface area contributed by atoms with E-state index in [0.29, 0.717) is 11.3 Å². The van der Waals surface area contributed by atoms with E-state index in [2.05, 4.69) is 15.2 Å². The van der Waals surface area contributed by atoms with E-state index in [1.807, 2.05) is 0 Å². The van der Waals surface area contributed by atoms with Gasteiger partial charge in [0.1, 0.15) is 11.4 Å². The van der Waals surface area contributed by atoms with Crippen molar-refractivity contribution in [3.05, 3.63) is 47.3 Å². The number of nitrogens with zero attached hydrogens (tertiary/aromatic N) is 2. The van der Waals surface area contributed by atoms with E-state index in [9.17, 15) is 22.8 Å². The van der Waals surface area contributed by atoms with Crippen molar-refractivity contribution in [2.45, 2.75) is 25.7 Å². The second kappa shape index (κ2) is 7.46. The maximum Gasteiger partial charge on any atom is 0.573 e. The zero-order valence-corrected chi connectivity index (χ0v) is 13.9. The van der Waals surface area contributed by atoms with Gasteiger partial charge in [0.25, 0.3) is 5.91 Å². The van der Waals surface area contributed by atoms with Crippen LogP contribution in [-0.4, -0.2) is 33.1 Å². The SMILES string of the molecule is Cc1cc(C(=O)NC(CC(=O)O)c2ccc(OC(F)(F)F)cc2)n(C)n1. The van der Waals surface area contributed by atoms with Gasteiger partial charge in [-0.3, -0.25) is 14.3 Å². The van der Waals surface area contributed by atoms with Crippen LogP contribution in [0.25, 0.3) is 0 Å². The Morgan fingerprint density at radius 3 is 2.38 bits per heavy atom. The van der Waals surface area contributed by atoms with E-state index in [0.717, 1.165) is 12.1 Å². The molecule has 1 unspecified atom stereocenters.